The van der Waals surface area contributed by atoms with Gasteiger partial charge in [0.25, 0.3) is 0 Å². The van der Waals surface area contributed by atoms with Crippen molar-refractivity contribution in [2.24, 2.45) is 4.99 Å². The maximum Gasteiger partial charge on any atom is 0.325 e. The summed E-state index contributed by atoms with van der Waals surface area (Å²) in [5.74, 6) is -0.148. The van der Waals surface area contributed by atoms with Crippen molar-refractivity contribution < 1.29 is 19.1 Å². The third kappa shape index (κ3) is 7.81. The lowest BCUT2D eigenvalue weighted by atomic mass is 10.0. The second-order valence-electron chi connectivity index (χ2n) is 8.77. The van der Waals surface area contributed by atoms with Gasteiger partial charge in [-0.2, -0.15) is 12.6 Å². The van der Waals surface area contributed by atoms with Crippen molar-refractivity contribution in [2.75, 3.05) is 12.3 Å². The van der Waals surface area contributed by atoms with Crippen molar-refractivity contribution in [1.82, 2.24) is 15.6 Å². The van der Waals surface area contributed by atoms with Gasteiger partial charge in [-0.05, 0) is 18.1 Å². The summed E-state index contributed by atoms with van der Waals surface area (Å²) in [5.41, 5.74) is 1.68. The topological polar surface area (TPSA) is 110 Å². The van der Waals surface area contributed by atoms with Gasteiger partial charge in [-0.25, -0.2) is 4.98 Å². The van der Waals surface area contributed by atoms with Crippen molar-refractivity contribution in [3.8, 4) is 0 Å². The Morgan fingerprint density at radius 3 is 2.67 bits per heavy atom. The molecule has 3 heterocycles. The number of esters is 1. The number of nitrogens with zero attached hydrogens (tertiary/aromatic N) is 2. The van der Waals surface area contributed by atoms with Crippen LogP contribution >= 0.6 is 35.7 Å². The number of thioether (sulfide) groups is 1. The number of aromatic nitrogens is 1. The molecule has 8 nitrogen and oxygen atoms in total. The van der Waals surface area contributed by atoms with E-state index in [0.29, 0.717) is 28.7 Å². The van der Waals surface area contributed by atoms with Gasteiger partial charge in [-0.1, -0.05) is 44.5 Å². The van der Waals surface area contributed by atoms with Crippen molar-refractivity contribution >= 4 is 58.6 Å². The van der Waals surface area contributed by atoms with E-state index in [4.69, 9.17) is 4.74 Å². The molecule has 1 aromatic heterocycles. The van der Waals surface area contributed by atoms with E-state index in [2.05, 4.69) is 47.1 Å². The molecule has 2 aliphatic heterocycles. The quantitative estimate of drug-likeness (QED) is 0.400. The van der Waals surface area contributed by atoms with Gasteiger partial charge in [0.2, 0.25) is 11.8 Å². The Kier molecular flexibility index (Phi) is 10.4. The molecule has 4 bridgehead atoms. The molecule has 0 spiro atoms. The van der Waals surface area contributed by atoms with Crippen LogP contribution in [0.25, 0.3) is 0 Å². The number of amides is 2. The van der Waals surface area contributed by atoms with Crippen molar-refractivity contribution in [1.29, 1.82) is 0 Å². The molecule has 11 heteroatoms. The van der Waals surface area contributed by atoms with E-state index < -0.39 is 17.6 Å². The van der Waals surface area contributed by atoms with Crippen LogP contribution in [0.5, 0.6) is 0 Å². The number of benzene rings is 1. The highest BCUT2D eigenvalue weighted by atomic mass is 32.2. The van der Waals surface area contributed by atoms with Gasteiger partial charge < -0.3 is 15.4 Å². The van der Waals surface area contributed by atoms with E-state index in [1.54, 1.807) is 6.92 Å². The predicted octanol–water partition coefficient (Wildman–Crippen LogP) is 3.53. The monoisotopic (exact) mass is 548 g/mol. The highest BCUT2D eigenvalue weighted by molar-refractivity contribution is 8.14. The van der Waals surface area contributed by atoms with Gasteiger partial charge in [-0.15, -0.1) is 23.1 Å². The van der Waals surface area contributed by atoms with Crippen LogP contribution in [0.2, 0.25) is 0 Å². The van der Waals surface area contributed by atoms with Crippen molar-refractivity contribution in [2.45, 2.75) is 64.0 Å². The Hall–Kier alpha value is -2.37. The SMILES string of the molecule is CC12CSC(=N1)c1csc(n1)CNC(=O)CC(Cc1cccc(CS)c1)OC(=O)CNC2=O.CCC. The average Bonchev–Trinajstić information content (AvgIpc) is 3.49. The molecule has 2 aliphatic rings. The lowest BCUT2D eigenvalue weighted by molar-refractivity contribution is -0.150. The number of carbonyl (C=O) groups excluding carboxylic acids is 3. The second-order valence-corrected chi connectivity index (χ2v) is 11.0. The van der Waals surface area contributed by atoms with Crippen LogP contribution < -0.4 is 10.6 Å². The van der Waals surface area contributed by atoms with Crippen LogP contribution in [0, 0.1) is 0 Å². The molecule has 36 heavy (non-hydrogen) atoms. The molecule has 2 atom stereocenters. The van der Waals surface area contributed by atoms with E-state index in [1.807, 2.05) is 29.6 Å². The maximum absolute atomic E-state index is 12.8. The second kappa shape index (κ2) is 13.3. The molecule has 0 aliphatic carbocycles. The molecule has 2 amide bonds. The number of nitrogens with one attached hydrogen (secondary N) is 2. The van der Waals surface area contributed by atoms with Gasteiger partial charge in [0, 0.05) is 23.3 Å². The number of fused-ring (bicyclic) bond motifs is 4. The van der Waals surface area contributed by atoms with E-state index in [0.717, 1.165) is 16.1 Å². The number of hydrogen-bond acceptors (Lipinski definition) is 9. The first-order chi connectivity index (χ1) is 17.3. The fraction of sp³-hybridized carbons (Fsp3) is 0.480. The third-order valence-electron chi connectivity index (χ3n) is 5.28. The normalized spacial score (nSPS) is 22.5. The zero-order valence-electron chi connectivity index (χ0n) is 20.7. The molecule has 0 saturated heterocycles. The Bertz CT molecular complexity index is 1120. The van der Waals surface area contributed by atoms with E-state index in [9.17, 15) is 14.4 Å². The summed E-state index contributed by atoms with van der Waals surface area (Å²) in [4.78, 5) is 47.0. The number of thiol groups is 1. The minimum atomic E-state index is -0.984. The zero-order valence-corrected chi connectivity index (χ0v) is 23.2. The van der Waals surface area contributed by atoms with Gasteiger partial charge in [0.05, 0.1) is 13.0 Å². The molecule has 0 radical (unpaired) electrons. The van der Waals surface area contributed by atoms with Gasteiger partial charge in [0.15, 0.2) is 0 Å². The molecule has 0 fully saturated rings. The molecular formula is C25H32N4O4S3. The Labute approximate surface area is 225 Å². The Balaban J connectivity index is 0.00000115. The number of thiazole rings is 1. The summed E-state index contributed by atoms with van der Waals surface area (Å²) in [7, 11) is 0. The number of cyclic esters (lactones) is 1. The summed E-state index contributed by atoms with van der Waals surface area (Å²) in [5, 5.41) is 8.79. The largest absolute Gasteiger partial charge is 0.460 e. The van der Waals surface area contributed by atoms with Gasteiger partial charge in [0.1, 0.15) is 33.9 Å². The highest BCUT2D eigenvalue weighted by Gasteiger charge is 2.39. The smallest absolute Gasteiger partial charge is 0.325 e. The summed E-state index contributed by atoms with van der Waals surface area (Å²) in [6.45, 7) is 5.97. The number of ether oxygens (including phenoxy) is 1. The molecule has 194 valence electrons. The third-order valence-corrected chi connectivity index (χ3v) is 7.77. The van der Waals surface area contributed by atoms with Crippen LogP contribution in [0.3, 0.4) is 0 Å². The van der Waals surface area contributed by atoms with Crippen molar-refractivity contribution in [3.05, 3.63) is 51.5 Å². The van der Waals surface area contributed by atoms with E-state index >= 15 is 0 Å². The van der Waals surface area contributed by atoms with Crippen LogP contribution in [0.4, 0.5) is 0 Å². The average molecular weight is 549 g/mol. The minimum absolute atomic E-state index is 0.00327. The lowest BCUT2D eigenvalue weighted by Gasteiger charge is -2.21. The number of aliphatic imine (C=N–C) groups is 1. The minimum Gasteiger partial charge on any atom is -0.460 e. The van der Waals surface area contributed by atoms with Crippen LogP contribution in [-0.2, 0) is 37.8 Å². The Morgan fingerprint density at radius 2 is 1.92 bits per heavy atom. The van der Waals surface area contributed by atoms with Crippen LogP contribution in [-0.4, -0.2) is 51.8 Å². The number of rotatable bonds is 3. The molecule has 1 aromatic carbocycles. The summed E-state index contributed by atoms with van der Waals surface area (Å²) in [6, 6.07) is 7.77. The molecule has 2 unspecified atom stereocenters. The van der Waals surface area contributed by atoms with Crippen LogP contribution in [0.15, 0.2) is 34.6 Å². The maximum atomic E-state index is 12.8. The molecule has 2 aromatic rings. The van der Waals surface area contributed by atoms with Crippen molar-refractivity contribution in [3.63, 3.8) is 0 Å². The van der Waals surface area contributed by atoms with Gasteiger partial charge >= 0.3 is 5.97 Å². The van der Waals surface area contributed by atoms with Crippen LogP contribution in [0.1, 0.15) is 55.4 Å². The summed E-state index contributed by atoms with van der Waals surface area (Å²) >= 11 is 7.18. The standard InChI is InChI=1S/C22H24N4O4S3.C3H8/c1-22-12-33-20(26-22)16-11-32-18(25-16)8-23-17(27)7-15(30-19(28)9-24-21(22)29)6-13-3-2-4-14(5-13)10-31;1-3-2/h2-5,11,15,31H,6-10,12H2,1H3,(H,23,27)(H,24,29);3H2,1-2H3. The van der Waals surface area contributed by atoms with Gasteiger partial charge in [-0.3, -0.25) is 19.4 Å². The fourth-order valence-corrected chi connectivity index (χ4v) is 5.65. The number of hydrogen-bond donors (Lipinski definition) is 3. The first kappa shape index (κ1) is 28.2. The zero-order chi connectivity index (χ0) is 26.1. The Morgan fingerprint density at radius 1 is 1.17 bits per heavy atom. The molecular weight excluding hydrogens is 517 g/mol. The van der Waals surface area contributed by atoms with E-state index in [-0.39, 0.29) is 31.3 Å². The molecule has 4 rings (SSSR count). The predicted molar refractivity (Wildman–Crippen MR) is 148 cm³/mol. The lowest BCUT2D eigenvalue weighted by Crippen LogP contribution is -2.46. The first-order valence-electron chi connectivity index (χ1n) is 11.9. The summed E-state index contributed by atoms with van der Waals surface area (Å²) in [6.07, 6.45) is 0.952. The molecule has 2 N–H and O–H groups in total. The molecule has 0 saturated carbocycles. The van der Waals surface area contributed by atoms with E-state index in [1.165, 1.54) is 29.5 Å². The summed E-state index contributed by atoms with van der Waals surface area (Å²) < 4.78 is 5.60. The number of carbonyl (C=O) groups is 3. The first-order valence-corrected chi connectivity index (χ1v) is 14.4. The highest BCUT2D eigenvalue weighted by Crippen LogP contribution is 2.31. The fourth-order valence-electron chi connectivity index (χ4n) is 3.53.